The predicted octanol–water partition coefficient (Wildman–Crippen LogP) is -2.75. The average molecular weight is 489 g/mol. The van der Waals surface area contributed by atoms with E-state index in [1.54, 1.807) is 0 Å². The summed E-state index contributed by atoms with van der Waals surface area (Å²) >= 11 is 1.49. The zero-order valence-electron chi connectivity index (χ0n) is 18.5. The van der Waals surface area contributed by atoms with Crippen LogP contribution < -0.4 is 27.8 Å². The number of carboxylic acid groups (broad SMARTS) is 1. The van der Waals surface area contributed by atoms with Crippen molar-refractivity contribution in [3.63, 3.8) is 0 Å². The molecule has 5 amide bonds. The van der Waals surface area contributed by atoms with Gasteiger partial charge in [-0.2, -0.15) is 11.8 Å². The third-order valence-corrected chi connectivity index (χ3v) is 5.77. The van der Waals surface area contributed by atoms with Crippen LogP contribution in [0.2, 0.25) is 0 Å². The molecule has 4 atom stereocenters. The number of hydrogen-bond donors (Lipinski definition) is 6. The summed E-state index contributed by atoms with van der Waals surface area (Å²) in [6, 6.07) is -4.68. The second-order valence-corrected chi connectivity index (χ2v) is 8.70. The highest BCUT2D eigenvalue weighted by atomic mass is 32.2. The van der Waals surface area contributed by atoms with Crippen molar-refractivity contribution in [1.82, 2.24) is 15.5 Å². The van der Waals surface area contributed by atoms with Gasteiger partial charge in [-0.3, -0.25) is 24.0 Å². The van der Waals surface area contributed by atoms with Crippen molar-refractivity contribution in [1.29, 1.82) is 0 Å². The van der Waals surface area contributed by atoms with E-state index >= 15 is 0 Å². The number of thioether (sulfide) groups is 1. The molecule has 186 valence electrons. The maximum absolute atomic E-state index is 12.9. The van der Waals surface area contributed by atoms with Crippen molar-refractivity contribution in [3.8, 4) is 0 Å². The first-order valence-electron chi connectivity index (χ1n) is 10.4. The van der Waals surface area contributed by atoms with Gasteiger partial charge in [0, 0.05) is 13.0 Å². The quantitative estimate of drug-likeness (QED) is 0.149. The van der Waals surface area contributed by atoms with E-state index in [1.807, 2.05) is 6.26 Å². The molecule has 13 nitrogen and oxygen atoms in total. The van der Waals surface area contributed by atoms with E-state index < -0.39 is 66.1 Å². The fourth-order valence-corrected chi connectivity index (χ4v) is 3.86. The highest BCUT2D eigenvalue weighted by Gasteiger charge is 2.39. The molecule has 0 aliphatic carbocycles. The van der Waals surface area contributed by atoms with Crippen LogP contribution in [0.3, 0.4) is 0 Å². The second-order valence-electron chi connectivity index (χ2n) is 7.71. The van der Waals surface area contributed by atoms with Gasteiger partial charge in [0.15, 0.2) is 0 Å². The molecule has 0 aromatic heterocycles. The van der Waals surface area contributed by atoms with Crippen LogP contribution in [0, 0.1) is 0 Å². The molecule has 0 bridgehead atoms. The van der Waals surface area contributed by atoms with Crippen LogP contribution >= 0.6 is 11.8 Å². The van der Waals surface area contributed by atoms with E-state index in [0.717, 1.165) is 4.90 Å². The number of primary amides is 2. The molecule has 1 heterocycles. The van der Waals surface area contributed by atoms with Gasteiger partial charge in [0.05, 0.1) is 12.5 Å². The molecule has 1 aliphatic heterocycles. The van der Waals surface area contributed by atoms with Gasteiger partial charge in [0.1, 0.15) is 18.1 Å². The molecule has 14 heteroatoms. The lowest BCUT2D eigenvalue weighted by molar-refractivity contribution is -0.149. The average Bonchev–Trinajstić information content (AvgIpc) is 3.23. The van der Waals surface area contributed by atoms with Crippen LogP contribution in [0.25, 0.3) is 0 Å². The van der Waals surface area contributed by atoms with E-state index in [-0.39, 0.29) is 25.8 Å². The zero-order valence-corrected chi connectivity index (χ0v) is 19.3. The van der Waals surface area contributed by atoms with Crippen LogP contribution in [-0.4, -0.2) is 88.2 Å². The summed E-state index contributed by atoms with van der Waals surface area (Å²) in [5, 5.41) is 14.1. The summed E-state index contributed by atoms with van der Waals surface area (Å²) < 4.78 is 0. The summed E-state index contributed by atoms with van der Waals surface area (Å²) in [6.45, 7) is 0.146. The van der Waals surface area contributed by atoms with Crippen molar-refractivity contribution in [2.75, 3.05) is 18.6 Å². The van der Waals surface area contributed by atoms with Gasteiger partial charge in [-0.05, 0) is 37.7 Å². The lowest BCUT2D eigenvalue weighted by Gasteiger charge is -2.28. The predicted molar refractivity (Wildman–Crippen MR) is 119 cm³/mol. The van der Waals surface area contributed by atoms with E-state index in [4.69, 9.17) is 17.2 Å². The molecule has 4 unspecified atom stereocenters. The van der Waals surface area contributed by atoms with Gasteiger partial charge >= 0.3 is 5.97 Å². The summed E-state index contributed by atoms with van der Waals surface area (Å²) in [6.07, 6.45) is 1.91. The monoisotopic (exact) mass is 488 g/mol. The molecule has 9 N–H and O–H groups in total. The molecular weight excluding hydrogens is 456 g/mol. The van der Waals surface area contributed by atoms with Gasteiger partial charge in [0.2, 0.25) is 29.5 Å². The summed E-state index contributed by atoms with van der Waals surface area (Å²) in [5.74, 6) is -4.44. The van der Waals surface area contributed by atoms with E-state index in [2.05, 4.69) is 10.6 Å². The topological polar surface area (TPSA) is 228 Å². The molecule has 0 radical (unpaired) electrons. The molecular formula is C19H32N6O7S. The van der Waals surface area contributed by atoms with Gasteiger partial charge < -0.3 is 37.8 Å². The highest BCUT2D eigenvalue weighted by molar-refractivity contribution is 7.98. The number of aliphatic carboxylic acids is 1. The Morgan fingerprint density at radius 3 is 2.21 bits per heavy atom. The molecule has 1 rings (SSSR count). The van der Waals surface area contributed by atoms with Crippen LogP contribution in [0.5, 0.6) is 0 Å². The van der Waals surface area contributed by atoms with Crippen molar-refractivity contribution < 1.29 is 33.9 Å². The first-order chi connectivity index (χ1) is 15.5. The summed E-state index contributed by atoms with van der Waals surface area (Å²) in [5.41, 5.74) is 16.2. The number of carbonyl (C=O) groups is 6. The van der Waals surface area contributed by atoms with Gasteiger partial charge in [-0.1, -0.05) is 0 Å². The van der Waals surface area contributed by atoms with Crippen LogP contribution in [0.1, 0.15) is 38.5 Å². The fraction of sp³-hybridized carbons (Fsp3) is 0.684. The summed E-state index contributed by atoms with van der Waals surface area (Å²) in [4.78, 5) is 73.4. The number of carboxylic acids is 1. The summed E-state index contributed by atoms with van der Waals surface area (Å²) in [7, 11) is 0. The molecule has 0 spiro atoms. The lowest BCUT2D eigenvalue weighted by Crippen LogP contribution is -2.57. The number of likely N-dealkylation sites (tertiary alicyclic amines) is 1. The fourth-order valence-electron chi connectivity index (χ4n) is 3.37. The van der Waals surface area contributed by atoms with Crippen molar-refractivity contribution in [2.24, 2.45) is 17.2 Å². The minimum absolute atomic E-state index is 0.146. The van der Waals surface area contributed by atoms with Crippen molar-refractivity contribution >= 4 is 47.3 Å². The Morgan fingerprint density at radius 1 is 1.03 bits per heavy atom. The molecule has 1 aliphatic rings. The Morgan fingerprint density at radius 2 is 1.67 bits per heavy atom. The Balaban J connectivity index is 3.00. The van der Waals surface area contributed by atoms with Gasteiger partial charge in [-0.25, -0.2) is 4.79 Å². The Kier molecular flexibility index (Phi) is 11.6. The third-order valence-electron chi connectivity index (χ3n) is 5.12. The third kappa shape index (κ3) is 9.26. The van der Waals surface area contributed by atoms with Gasteiger partial charge in [-0.15, -0.1) is 0 Å². The Bertz CT molecular complexity index is 765. The number of amides is 5. The lowest BCUT2D eigenvalue weighted by atomic mass is 10.1. The number of nitrogens with zero attached hydrogens (tertiary/aromatic N) is 1. The number of nitrogens with two attached hydrogens (primary N) is 3. The maximum Gasteiger partial charge on any atom is 0.326 e. The number of rotatable bonds is 14. The largest absolute Gasteiger partial charge is 0.480 e. The SMILES string of the molecule is CSCCC(N)C(=O)NC(CCC(N)=O)C(=O)NC(CC(N)=O)C(=O)N1CCCC1C(=O)O. The van der Waals surface area contributed by atoms with E-state index in [0.29, 0.717) is 18.6 Å². The minimum Gasteiger partial charge on any atom is -0.480 e. The first-order valence-corrected chi connectivity index (χ1v) is 11.8. The minimum atomic E-state index is -1.44. The molecule has 0 aromatic rings. The van der Waals surface area contributed by atoms with Crippen molar-refractivity contribution in [3.05, 3.63) is 0 Å². The second kappa shape index (κ2) is 13.6. The zero-order chi connectivity index (χ0) is 25.1. The first kappa shape index (κ1) is 28.2. The molecule has 1 saturated heterocycles. The van der Waals surface area contributed by atoms with Crippen LogP contribution in [-0.2, 0) is 28.8 Å². The normalized spacial score (nSPS) is 18.1. The number of nitrogens with one attached hydrogen (secondary N) is 2. The van der Waals surface area contributed by atoms with Gasteiger partial charge in [0.25, 0.3) is 0 Å². The highest BCUT2D eigenvalue weighted by Crippen LogP contribution is 2.19. The van der Waals surface area contributed by atoms with E-state index in [1.165, 1.54) is 11.8 Å². The number of carbonyl (C=O) groups excluding carboxylic acids is 5. The molecule has 1 fully saturated rings. The van der Waals surface area contributed by atoms with Crippen molar-refractivity contribution in [2.45, 2.75) is 62.7 Å². The molecule has 0 saturated carbocycles. The standard InChI is InChI=1S/C19H32N6O7S/c1-33-8-6-10(20)16(28)23-11(4-5-14(21)26)17(29)24-12(9-15(22)27)18(30)25-7-2-3-13(25)19(31)32/h10-13H,2-9,20H2,1H3,(H2,21,26)(H2,22,27)(H,23,28)(H,24,29)(H,31,32). The smallest absolute Gasteiger partial charge is 0.326 e. The maximum atomic E-state index is 12.9. The number of hydrogen-bond acceptors (Lipinski definition) is 8. The Labute approximate surface area is 195 Å². The van der Waals surface area contributed by atoms with Crippen LogP contribution in [0.15, 0.2) is 0 Å². The Hall–Kier alpha value is -2.87. The van der Waals surface area contributed by atoms with E-state index in [9.17, 15) is 33.9 Å². The molecule has 0 aromatic carbocycles. The van der Waals surface area contributed by atoms with Crippen LogP contribution in [0.4, 0.5) is 0 Å². The molecule has 33 heavy (non-hydrogen) atoms.